The number of unbranched alkanes of at least 4 members (excludes halogenated alkanes) is 1. The maximum Gasteiger partial charge on any atom is 0.268 e. The van der Waals surface area contributed by atoms with E-state index in [9.17, 15) is 8.42 Å². The van der Waals surface area contributed by atoms with Gasteiger partial charge < -0.3 is 11.5 Å². The Hall–Kier alpha value is -3.62. The number of hydrogen-bond donors (Lipinski definition) is 2. The monoisotopic (exact) mass is 507 g/mol. The SMILES string of the molecule is CCCCC(=NN=C(N)N)c1c(-c2ccc(Cl)cc2)n(S(=O)(=O)c2ccccc2)c2ccccc12. The van der Waals surface area contributed by atoms with Gasteiger partial charge in [-0.3, -0.25) is 0 Å². The van der Waals surface area contributed by atoms with E-state index in [-0.39, 0.29) is 10.9 Å². The normalized spacial score (nSPS) is 12.1. The number of aromatic nitrogens is 1. The lowest BCUT2D eigenvalue weighted by Crippen LogP contribution is -2.22. The molecule has 0 aliphatic heterocycles. The number of hydrogen-bond acceptors (Lipinski definition) is 4. The summed E-state index contributed by atoms with van der Waals surface area (Å²) in [4.78, 5) is 0.179. The lowest BCUT2D eigenvalue weighted by molar-refractivity contribution is 0.589. The van der Waals surface area contributed by atoms with Crippen molar-refractivity contribution in [2.45, 2.75) is 31.1 Å². The zero-order valence-corrected chi connectivity index (χ0v) is 20.8. The van der Waals surface area contributed by atoms with Crippen LogP contribution in [0.3, 0.4) is 0 Å². The number of rotatable bonds is 8. The van der Waals surface area contributed by atoms with Gasteiger partial charge in [0.25, 0.3) is 10.0 Å². The zero-order valence-electron chi connectivity index (χ0n) is 19.2. The fourth-order valence-electron chi connectivity index (χ4n) is 4.01. The lowest BCUT2D eigenvalue weighted by atomic mass is 9.98. The molecule has 0 saturated heterocycles. The summed E-state index contributed by atoms with van der Waals surface area (Å²) < 4.78 is 29.5. The molecule has 1 heterocycles. The molecule has 180 valence electrons. The Labute approximate surface area is 209 Å². The Morgan fingerprint density at radius 1 is 0.914 bits per heavy atom. The van der Waals surface area contributed by atoms with Gasteiger partial charge in [-0.25, -0.2) is 12.4 Å². The summed E-state index contributed by atoms with van der Waals surface area (Å²) in [6.07, 6.45) is 2.30. The van der Waals surface area contributed by atoms with Gasteiger partial charge in [-0.15, -0.1) is 5.10 Å². The van der Waals surface area contributed by atoms with Crippen molar-refractivity contribution >= 4 is 44.2 Å². The summed E-state index contributed by atoms with van der Waals surface area (Å²) in [5, 5.41) is 9.57. The third-order valence-electron chi connectivity index (χ3n) is 5.57. The Bertz CT molecular complexity index is 1500. The molecule has 0 aliphatic rings. The van der Waals surface area contributed by atoms with Gasteiger partial charge >= 0.3 is 0 Å². The van der Waals surface area contributed by atoms with Crippen molar-refractivity contribution in [2.75, 3.05) is 0 Å². The first-order chi connectivity index (χ1) is 16.8. The fourth-order valence-corrected chi connectivity index (χ4v) is 5.70. The molecule has 0 spiro atoms. The van der Waals surface area contributed by atoms with Crippen LogP contribution in [-0.2, 0) is 10.0 Å². The molecule has 3 aromatic carbocycles. The smallest absolute Gasteiger partial charge is 0.268 e. The second-order valence-electron chi connectivity index (χ2n) is 8.01. The highest BCUT2D eigenvalue weighted by Gasteiger charge is 2.29. The maximum atomic E-state index is 14.1. The van der Waals surface area contributed by atoms with Crippen molar-refractivity contribution in [3.63, 3.8) is 0 Å². The molecular weight excluding hydrogens is 482 g/mol. The molecule has 9 heteroatoms. The van der Waals surface area contributed by atoms with E-state index in [1.165, 1.54) is 3.97 Å². The summed E-state index contributed by atoms with van der Waals surface area (Å²) in [5.41, 5.74) is 14.1. The molecule has 0 unspecified atom stereocenters. The van der Waals surface area contributed by atoms with E-state index < -0.39 is 10.0 Å². The van der Waals surface area contributed by atoms with Gasteiger partial charge in [0.2, 0.25) is 5.96 Å². The van der Waals surface area contributed by atoms with Crippen LogP contribution in [0.4, 0.5) is 0 Å². The van der Waals surface area contributed by atoms with E-state index in [0.717, 1.165) is 18.2 Å². The van der Waals surface area contributed by atoms with E-state index >= 15 is 0 Å². The molecule has 1 aromatic heterocycles. The standard InChI is InChI=1S/C26H26ClN5O2S/c1-2-3-12-22(30-31-26(28)29)24-21-11-7-8-13-23(21)32(25(24)18-14-16-19(27)17-15-18)35(33,34)20-9-5-4-6-10-20/h4-11,13-17H,2-3,12H2,1H3,(H4,28,29,31). The van der Waals surface area contributed by atoms with Crippen molar-refractivity contribution in [1.29, 1.82) is 0 Å². The van der Waals surface area contributed by atoms with Crippen molar-refractivity contribution in [2.24, 2.45) is 21.7 Å². The molecule has 0 saturated carbocycles. The molecule has 0 aliphatic carbocycles. The minimum atomic E-state index is -3.98. The summed E-state index contributed by atoms with van der Waals surface area (Å²) in [6.45, 7) is 2.07. The summed E-state index contributed by atoms with van der Waals surface area (Å²) in [5.74, 6) is -0.173. The quantitative estimate of drug-likeness (QED) is 0.189. The van der Waals surface area contributed by atoms with E-state index in [4.69, 9.17) is 23.1 Å². The van der Waals surface area contributed by atoms with Crippen molar-refractivity contribution in [1.82, 2.24) is 3.97 Å². The largest absolute Gasteiger partial charge is 0.369 e. The highest BCUT2D eigenvalue weighted by Crippen LogP contribution is 2.38. The number of fused-ring (bicyclic) bond motifs is 1. The summed E-state index contributed by atoms with van der Waals surface area (Å²) >= 11 is 6.16. The molecule has 0 bridgehead atoms. The summed E-state index contributed by atoms with van der Waals surface area (Å²) in [6, 6.07) is 22.8. The average Bonchev–Trinajstić information content (AvgIpc) is 3.21. The van der Waals surface area contributed by atoms with Crippen LogP contribution < -0.4 is 11.5 Å². The third kappa shape index (κ3) is 4.94. The van der Waals surface area contributed by atoms with Crippen LogP contribution in [0.1, 0.15) is 31.7 Å². The molecule has 0 fully saturated rings. The first-order valence-corrected chi connectivity index (χ1v) is 13.0. The third-order valence-corrected chi connectivity index (χ3v) is 7.55. The molecule has 4 N–H and O–H groups in total. The molecule has 0 radical (unpaired) electrons. The van der Waals surface area contributed by atoms with Crippen LogP contribution >= 0.6 is 11.6 Å². The van der Waals surface area contributed by atoms with Crippen LogP contribution in [0.2, 0.25) is 5.02 Å². The first kappa shape index (κ1) is 24.5. The molecule has 0 amide bonds. The fraction of sp³-hybridized carbons (Fsp3) is 0.154. The van der Waals surface area contributed by atoms with Gasteiger partial charge in [0.05, 0.1) is 21.8 Å². The Morgan fingerprint density at radius 2 is 1.57 bits per heavy atom. The number of para-hydroxylation sites is 1. The van der Waals surface area contributed by atoms with Gasteiger partial charge in [-0.05, 0) is 43.2 Å². The molecular formula is C26H26ClN5O2S. The molecule has 4 aromatic rings. The van der Waals surface area contributed by atoms with Gasteiger partial charge in [-0.1, -0.05) is 73.5 Å². The molecule has 4 rings (SSSR count). The number of nitrogens with two attached hydrogens (primary N) is 2. The summed E-state index contributed by atoms with van der Waals surface area (Å²) in [7, 11) is -3.98. The predicted octanol–water partition coefficient (Wildman–Crippen LogP) is 5.37. The number of nitrogens with zero attached hydrogens (tertiary/aromatic N) is 3. The Balaban J connectivity index is 2.16. The minimum absolute atomic E-state index is 0.173. The van der Waals surface area contributed by atoms with E-state index in [1.807, 2.05) is 18.2 Å². The molecule has 35 heavy (non-hydrogen) atoms. The molecule has 0 atom stereocenters. The zero-order chi connectivity index (χ0) is 25.0. The number of halogens is 1. The highest BCUT2D eigenvalue weighted by molar-refractivity contribution is 7.90. The van der Waals surface area contributed by atoms with Gasteiger partial charge in [0, 0.05) is 21.5 Å². The van der Waals surface area contributed by atoms with Gasteiger partial charge in [-0.2, -0.15) is 5.10 Å². The van der Waals surface area contributed by atoms with Crippen molar-refractivity contribution < 1.29 is 8.42 Å². The van der Waals surface area contributed by atoms with E-state index in [2.05, 4.69) is 17.1 Å². The van der Waals surface area contributed by atoms with Crippen LogP contribution in [0.25, 0.3) is 22.2 Å². The van der Waals surface area contributed by atoms with Crippen LogP contribution in [0, 0.1) is 0 Å². The van der Waals surface area contributed by atoms with Gasteiger partial charge in [0.1, 0.15) is 0 Å². The maximum absolute atomic E-state index is 14.1. The minimum Gasteiger partial charge on any atom is -0.369 e. The van der Waals surface area contributed by atoms with Crippen molar-refractivity contribution in [3.05, 3.63) is 89.4 Å². The van der Waals surface area contributed by atoms with Crippen LogP contribution in [-0.4, -0.2) is 24.1 Å². The van der Waals surface area contributed by atoms with Crippen LogP contribution in [0.15, 0.2) is 94.0 Å². The molecule has 7 nitrogen and oxygen atoms in total. The number of guanidine groups is 1. The number of benzene rings is 3. The van der Waals surface area contributed by atoms with E-state index in [1.54, 1.807) is 60.7 Å². The highest BCUT2D eigenvalue weighted by atomic mass is 35.5. The first-order valence-electron chi connectivity index (χ1n) is 11.2. The van der Waals surface area contributed by atoms with E-state index in [0.29, 0.717) is 39.5 Å². The Kier molecular flexibility index (Phi) is 7.23. The van der Waals surface area contributed by atoms with Crippen molar-refractivity contribution in [3.8, 4) is 11.3 Å². The van der Waals surface area contributed by atoms with Gasteiger partial charge in [0.15, 0.2) is 0 Å². The van der Waals surface area contributed by atoms with Crippen LogP contribution in [0.5, 0.6) is 0 Å². The second kappa shape index (κ2) is 10.3. The predicted molar refractivity (Wildman–Crippen MR) is 143 cm³/mol. The lowest BCUT2D eigenvalue weighted by Gasteiger charge is -2.14. The second-order valence-corrected chi connectivity index (χ2v) is 10.2. The topological polar surface area (TPSA) is 116 Å². The Morgan fingerprint density at radius 3 is 2.23 bits per heavy atom. The average molecular weight is 508 g/mol.